The number of nitro benzene ring substituents is 1. The molecule has 1 aromatic rings. The number of halogens is 1. The predicted octanol–water partition coefficient (Wildman–Crippen LogP) is 2.97. The van der Waals surface area contributed by atoms with Gasteiger partial charge in [-0.05, 0) is 39.4 Å². The molecular formula is C21H33FN4O5. The lowest BCUT2D eigenvalue weighted by molar-refractivity contribution is -0.387. The number of benzene rings is 1. The van der Waals surface area contributed by atoms with Crippen molar-refractivity contribution in [3.8, 4) is 0 Å². The quantitative estimate of drug-likeness (QED) is 0.558. The lowest BCUT2D eigenvalue weighted by Gasteiger charge is -2.35. The second kappa shape index (κ2) is 11.6. The predicted molar refractivity (Wildman–Crippen MR) is 115 cm³/mol. The van der Waals surface area contributed by atoms with Gasteiger partial charge in [0.05, 0.1) is 4.92 Å². The van der Waals surface area contributed by atoms with Crippen LogP contribution >= 0.6 is 0 Å². The first-order chi connectivity index (χ1) is 14.5. The van der Waals surface area contributed by atoms with Gasteiger partial charge >= 0.3 is 11.8 Å². The fourth-order valence-corrected chi connectivity index (χ4v) is 2.96. The standard InChI is InChI=1S/C19H27FN4O5.C2H6/c1-19(2,3)29-18(26)21-15(17(25)23-9-7-22(4)8-10-23)12-13-5-6-16(24(27)28)14(20)11-13;1-2/h5-6,11,15H,7-10,12H2,1-4H3,(H,21,26);1-2H3. The third-order valence-electron chi connectivity index (χ3n) is 4.45. The molecule has 1 aliphatic heterocycles. The molecule has 31 heavy (non-hydrogen) atoms. The normalized spacial score (nSPS) is 15.4. The average Bonchev–Trinajstić information content (AvgIpc) is 2.67. The summed E-state index contributed by atoms with van der Waals surface area (Å²) in [5.41, 5.74) is -1.03. The van der Waals surface area contributed by atoms with Gasteiger partial charge in [0.15, 0.2) is 0 Å². The highest BCUT2D eigenvalue weighted by Crippen LogP contribution is 2.19. The molecule has 2 amide bonds. The van der Waals surface area contributed by atoms with Gasteiger partial charge in [-0.25, -0.2) is 4.79 Å². The second-order valence-corrected chi connectivity index (χ2v) is 8.07. The smallest absolute Gasteiger partial charge is 0.408 e. The van der Waals surface area contributed by atoms with Crippen molar-refractivity contribution < 1.29 is 23.6 Å². The minimum atomic E-state index is -0.990. The van der Waals surface area contributed by atoms with E-state index in [0.29, 0.717) is 31.7 Å². The Hall–Kier alpha value is -2.75. The number of carbonyl (C=O) groups is 2. The molecule has 9 nitrogen and oxygen atoms in total. The maximum atomic E-state index is 14.0. The highest BCUT2D eigenvalue weighted by atomic mass is 19.1. The summed E-state index contributed by atoms with van der Waals surface area (Å²) in [5, 5.41) is 13.4. The summed E-state index contributed by atoms with van der Waals surface area (Å²) in [5.74, 6) is -1.29. The van der Waals surface area contributed by atoms with Gasteiger partial charge in [-0.1, -0.05) is 19.9 Å². The minimum Gasteiger partial charge on any atom is -0.444 e. The lowest BCUT2D eigenvalue weighted by Crippen LogP contribution is -2.55. The van der Waals surface area contributed by atoms with E-state index in [1.807, 2.05) is 20.9 Å². The summed E-state index contributed by atoms with van der Waals surface area (Å²) < 4.78 is 19.2. The number of likely N-dealkylation sites (N-methyl/N-ethyl adjacent to an activating group) is 1. The number of hydrogen-bond acceptors (Lipinski definition) is 6. The van der Waals surface area contributed by atoms with E-state index in [4.69, 9.17) is 4.74 Å². The maximum absolute atomic E-state index is 14.0. The number of hydrogen-bond donors (Lipinski definition) is 1. The number of nitrogens with zero attached hydrogens (tertiary/aromatic N) is 3. The van der Waals surface area contributed by atoms with E-state index < -0.39 is 34.2 Å². The van der Waals surface area contributed by atoms with Crippen LogP contribution in [-0.4, -0.2) is 71.6 Å². The molecule has 2 rings (SSSR count). The third kappa shape index (κ3) is 8.49. The van der Waals surface area contributed by atoms with E-state index in [1.54, 1.807) is 25.7 Å². The Kier molecular flexibility index (Phi) is 9.83. The minimum absolute atomic E-state index is 0.0146. The number of nitrogens with one attached hydrogen (secondary N) is 1. The molecule has 1 unspecified atom stereocenters. The molecule has 1 heterocycles. The van der Waals surface area contributed by atoms with Crippen LogP contribution in [0.2, 0.25) is 0 Å². The van der Waals surface area contributed by atoms with Crippen molar-refractivity contribution >= 4 is 17.7 Å². The molecule has 1 fully saturated rings. The molecule has 10 heteroatoms. The molecule has 0 aliphatic carbocycles. The van der Waals surface area contributed by atoms with Crippen LogP contribution in [-0.2, 0) is 16.0 Å². The van der Waals surface area contributed by atoms with Crippen LogP contribution in [0.3, 0.4) is 0 Å². The molecule has 0 aromatic heterocycles. The van der Waals surface area contributed by atoms with Crippen molar-refractivity contribution in [3.05, 3.63) is 39.7 Å². The largest absolute Gasteiger partial charge is 0.444 e. The van der Waals surface area contributed by atoms with Gasteiger partial charge in [0.2, 0.25) is 11.7 Å². The molecule has 174 valence electrons. The van der Waals surface area contributed by atoms with Gasteiger partial charge in [-0.15, -0.1) is 0 Å². The first-order valence-corrected chi connectivity index (χ1v) is 10.4. The third-order valence-corrected chi connectivity index (χ3v) is 4.45. The van der Waals surface area contributed by atoms with Gasteiger partial charge in [-0.2, -0.15) is 4.39 Å². The zero-order chi connectivity index (χ0) is 23.8. The SMILES string of the molecule is CC.CN1CCN(C(=O)C(Cc2ccc([N+](=O)[O-])c(F)c2)NC(=O)OC(C)(C)C)CC1. The Morgan fingerprint density at radius 2 is 1.81 bits per heavy atom. The number of ether oxygens (including phenoxy) is 1. The topological polar surface area (TPSA) is 105 Å². The molecule has 1 N–H and O–H groups in total. The molecule has 0 bridgehead atoms. The van der Waals surface area contributed by atoms with Gasteiger partial charge < -0.3 is 19.9 Å². The summed E-state index contributed by atoms with van der Waals surface area (Å²) in [7, 11) is 1.96. The molecule has 1 atom stereocenters. The van der Waals surface area contributed by atoms with Crippen LogP contribution in [0.1, 0.15) is 40.2 Å². The summed E-state index contributed by atoms with van der Waals surface area (Å²) in [6.07, 6.45) is -0.772. The summed E-state index contributed by atoms with van der Waals surface area (Å²) in [6, 6.07) is 2.46. The van der Waals surface area contributed by atoms with E-state index in [2.05, 4.69) is 10.2 Å². The van der Waals surface area contributed by atoms with Gasteiger partial charge in [-0.3, -0.25) is 14.9 Å². The van der Waals surface area contributed by atoms with E-state index >= 15 is 0 Å². The molecule has 1 aliphatic rings. The van der Waals surface area contributed by atoms with Crippen molar-refractivity contribution in [1.29, 1.82) is 0 Å². The fraction of sp³-hybridized carbons (Fsp3) is 0.619. The lowest BCUT2D eigenvalue weighted by atomic mass is 10.0. The Bertz CT molecular complexity index is 774. The monoisotopic (exact) mass is 440 g/mol. The number of alkyl carbamates (subject to hydrolysis) is 1. The molecule has 1 aromatic carbocycles. The first kappa shape index (κ1) is 26.3. The van der Waals surface area contributed by atoms with Crippen LogP contribution < -0.4 is 5.32 Å². The Morgan fingerprint density at radius 3 is 2.29 bits per heavy atom. The molecule has 0 spiro atoms. The van der Waals surface area contributed by atoms with Crippen LogP contribution in [0.25, 0.3) is 0 Å². The van der Waals surface area contributed by atoms with Crippen LogP contribution in [0.4, 0.5) is 14.9 Å². The second-order valence-electron chi connectivity index (χ2n) is 8.07. The number of nitro groups is 1. The number of piperazine rings is 1. The number of rotatable bonds is 5. The zero-order valence-electron chi connectivity index (χ0n) is 19.1. The zero-order valence-corrected chi connectivity index (χ0v) is 19.1. The summed E-state index contributed by atoms with van der Waals surface area (Å²) in [6.45, 7) is 11.5. The fourth-order valence-electron chi connectivity index (χ4n) is 2.96. The molecule has 0 radical (unpaired) electrons. The molecule has 0 saturated carbocycles. The first-order valence-electron chi connectivity index (χ1n) is 10.4. The van der Waals surface area contributed by atoms with Gasteiger partial charge in [0, 0.05) is 38.7 Å². The summed E-state index contributed by atoms with van der Waals surface area (Å²) >= 11 is 0. The van der Waals surface area contributed by atoms with E-state index in [9.17, 15) is 24.1 Å². The summed E-state index contributed by atoms with van der Waals surface area (Å²) in [4.78, 5) is 39.0. The number of carbonyl (C=O) groups excluding carboxylic acids is 2. The highest BCUT2D eigenvalue weighted by molar-refractivity contribution is 5.86. The average molecular weight is 441 g/mol. The Labute approximate surface area is 182 Å². The molecule has 1 saturated heterocycles. The van der Waals surface area contributed by atoms with Crippen molar-refractivity contribution in [2.45, 2.75) is 52.7 Å². The van der Waals surface area contributed by atoms with Crippen molar-refractivity contribution in [2.24, 2.45) is 0 Å². The molecular weight excluding hydrogens is 407 g/mol. The highest BCUT2D eigenvalue weighted by Gasteiger charge is 2.30. The maximum Gasteiger partial charge on any atom is 0.408 e. The van der Waals surface area contributed by atoms with Gasteiger partial charge in [0.1, 0.15) is 11.6 Å². The van der Waals surface area contributed by atoms with Gasteiger partial charge in [0.25, 0.3) is 0 Å². The Morgan fingerprint density at radius 1 is 1.23 bits per heavy atom. The van der Waals surface area contributed by atoms with Crippen molar-refractivity contribution in [3.63, 3.8) is 0 Å². The van der Waals surface area contributed by atoms with E-state index in [0.717, 1.165) is 12.1 Å². The number of amides is 2. The van der Waals surface area contributed by atoms with Crippen LogP contribution in [0, 0.1) is 15.9 Å². The van der Waals surface area contributed by atoms with E-state index in [-0.39, 0.29) is 12.3 Å². The van der Waals surface area contributed by atoms with Crippen LogP contribution in [0.5, 0.6) is 0 Å². The van der Waals surface area contributed by atoms with Crippen molar-refractivity contribution in [2.75, 3.05) is 33.2 Å². The van der Waals surface area contributed by atoms with Crippen molar-refractivity contribution in [1.82, 2.24) is 15.1 Å². The van der Waals surface area contributed by atoms with Crippen LogP contribution in [0.15, 0.2) is 18.2 Å². The van der Waals surface area contributed by atoms with E-state index in [1.165, 1.54) is 6.07 Å². The Balaban J connectivity index is 0.00000233.